The maximum atomic E-state index is 13.3. The molecule has 1 heterocycles. The lowest BCUT2D eigenvalue weighted by molar-refractivity contribution is 0.205. The lowest BCUT2D eigenvalue weighted by atomic mass is 10.0. The Labute approximate surface area is 111 Å². The van der Waals surface area contributed by atoms with Crippen LogP contribution < -0.4 is 5.73 Å². The van der Waals surface area contributed by atoms with Gasteiger partial charge in [-0.05, 0) is 42.9 Å². The SMILES string of the molecule is NC(=NO)c1cc(F)ccc1CN1CC2CCC1C2. The van der Waals surface area contributed by atoms with Crippen molar-refractivity contribution in [1.82, 2.24) is 4.90 Å². The van der Waals surface area contributed by atoms with E-state index in [0.29, 0.717) is 11.6 Å². The van der Waals surface area contributed by atoms with Crippen molar-refractivity contribution in [2.75, 3.05) is 6.54 Å². The summed E-state index contributed by atoms with van der Waals surface area (Å²) in [5, 5.41) is 11.8. The molecule has 5 heteroatoms. The van der Waals surface area contributed by atoms with Crippen LogP contribution in [0.3, 0.4) is 0 Å². The molecule has 2 unspecified atom stereocenters. The molecule has 1 aromatic carbocycles. The van der Waals surface area contributed by atoms with E-state index < -0.39 is 0 Å². The molecular formula is C14H18FN3O. The normalized spacial score (nSPS) is 27.1. The summed E-state index contributed by atoms with van der Waals surface area (Å²) in [6.07, 6.45) is 3.86. The third-order valence-electron chi connectivity index (χ3n) is 4.35. The Balaban J connectivity index is 1.84. The minimum Gasteiger partial charge on any atom is -0.409 e. The van der Waals surface area contributed by atoms with E-state index in [1.54, 1.807) is 6.07 Å². The third-order valence-corrected chi connectivity index (χ3v) is 4.35. The number of halogens is 1. The van der Waals surface area contributed by atoms with Gasteiger partial charge in [0.15, 0.2) is 5.84 Å². The first-order valence-electron chi connectivity index (χ1n) is 6.67. The second-order valence-corrected chi connectivity index (χ2v) is 5.55. The summed E-state index contributed by atoms with van der Waals surface area (Å²) in [4.78, 5) is 2.43. The third kappa shape index (κ3) is 2.30. The molecule has 1 saturated carbocycles. The zero-order valence-electron chi connectivity index (χ0n) is 10.7. The Morgan fingerprint density at radius 3 is 2.95 bits per heavy atom. The van der Waals surface area contributed by atoms with E-state index in [2.05, 4.69) is 10.1 Å². The van der Waals surface area contributed by atoms with Gasteiger partial charge in [0.1, 0.15) is 5.82 Å². The highest BCUT2D eigenvalue weighted by atomic mass is 19.1. The highest BCUT2D eigenvalue weighted by Crippen LogP contribution is 2.38. The van der Waals surface area contributed by atoms with Gasteiger partial charge in [-0.2, -0.15) is 0 Å². The highest BCUT2D eigenvalue weighted by molar-refractivity contribution is 5.98. The van der Waals surface area contributed by atoms with Gasteiger partial charge in [0.2, 0.25) is 0 Å². The molecular weight excluding hydrogens is 245 g/mol. The number of fused-ring (bicyclic) bond motifs is 2. The van der Waals surface area contributed by atoms with E-state index >= 15 is 0 Å². The molecule has 0 radical (unpaired) electrons. The van der Waals surface area contributed by atoms with E-state index in [1.165, 1.54) is 31.4 Å². The first kappa shape index (κ1) is 12.4. The minimum absolute atomic E-state index is 0.0288. The van der Waals surface area contributed by atoms with Crippen molar-refractivity contribution in [3.8, 4) is 0 Å². The van der Waals surface area contributed by atoms with Crippen LogP contribution in [0, 0.1) is 11.7 Å². The fraction of sp³-hybridized carbons (Fsp3) is 0.500. The van der Waals surface area contributed by atoms with Gasteiger partial charge in [0.05, 0.1) is 0 Å². The Kier molecular flexibility index (Phi) is 3.14. The van der Waals surface area contributed by atoms with Crippen LogP contribution in [0.5, 0.6) is 0 Å². The maximum Gasteiger partial charge on any atom is 0.170 e. The number of benzene rings is 1. The highest BCUT2D eigenvalue weighted by Gasteiger charge is 2.37. The van der Waals surface area contributed by atoms with Crippen molar-refractivity contribution in [2.24, 2.45) is 16.8 Å². The zero-order valence-corrected chi connectivity index (χ0v) is 10.7. The molecule has 19 heavy (non-hydrogen) atoms. The lowest BCUT2D eigenvalue weighted by Crippen LogP contribution is -2.32. The molecule has 2 fully saturated rings. The van der Waals surface area contributed by atoms with Crippen LogP contribution in [-0.2, 0) is 6.54 Å². The molecule has 2 bridgehead atoms. The number of amidine groups is 1. The molecule has 1 aromatic rings. The van der Waals surface area contributed by atoms with Crippen molar-refractivity contribution >= 4 is 5.84 Å². The summed E-state index contributed by atoms with van der Waals surface area (Å²) in [6, 6.07) is 5.14. The van der Waals surface area contributed by atoms with Gasteiger partial charge in [-0.15, -0.1) is 0 Å². The van der Waals surface area contributed by atoms with Gasteiger partial charge in [0.25, 0.3) is 0 Å². The molecule has 2 atom stereocenters. The fourth-order valence-electron chi connectivity index (χ4n) is 3.42. The predicted octanol–water partition coefficient (Wildman–Crippen LogP) is 1.90. The monoisotopic (exact) mass is 263 g/mol. The Bertz CT molecular complexity index is 517. The molecule has 102 valence electrons. The number of hydrogen-bond donors (Lipinski definition) is 2. The number of likely N-dealkylation sites (tertiary alicyclic amines) is 1. The topological polar surface area (TPSA) is 61.9 Å². The van der Waals surface area contributed by atoms with Gasteiger partial charge in [-0.3, -0.25) is 4.90 Å². The smallest absolute Gasteiger partial charge is 0.170 e. The Hall–Kier alpha value is -1.62. The number of rotatable bonds is 3. The summed E-state index contributed by atoms with van der Waals surface area (Å²) in [6.45, 7) is 1.85. The molecule has 2 aliphatic rings. The molecule has 1 saturated heterocycles. The van der Waals surface area contributed by atoms with Crippen LogP contribution in [0.15, 0.2) is 23.4 Å². The molecule has 3 rings (SSSR count). The van der Waals surface area contributed by atoms with E-state index in [-0.39, 0.29) is 11.7 Å². The molecule has 3 N–H and O–H groups in total. The minimum atomic E-state index is -0.367. The van der Waals surface area contributed by atoms with Gasteiger partial charge in [-0.1, -0.05) is 11.2 Å². The summed E-state index contributed by atoms with van der Waals surface area (Å²) in [7, 11) is 0. The number of piperidine rings is 1. The van der Waals surface area contributed by atoms with Crippen LogP contribution in [0.2, 0.25) is 0 Å². The summed E-state index contributed by atoms with van der Waals surface area (Å²) in [5.41, 5.74) is 7.04. The van der Waals surface area contributed by atoms with Crippen LogP contribution in [0.25, 0.3) is 0 Å². The molecule has 1 aliphatic carbocycles. The maximum absolute atomic E-state index is 13.3. The van der Waals surface area contributed by atoms with Crippen LogP contribution >= 0.6 is 0 Å². The summed E-state index contributed by atoms with van der Waals surface area (Å²) < 4.78 is 13.3. The van der Waals surface area contributed by atoms with Crippen molar-refractivity contribution < 1.29 is 9.60 Å². The predicted molar refractivity (Wildman–Crippen MR) is 70.4 cm³/mol. The summed E-state index contributed by atoms with van der Waals surface area (Å²) in [5.74, 6) is 0.421. The Morgan fingerprint density at radius 2 is 2.32 bits per heavy atom. The second kappa shape index (κ2) is 4.81. The quantitative estimate of drug-likeness (QED) is 0.379. The van der Waals surface area contributed by atoms with Crippen molar-refractivity contribution in [3.05, 3.63) is 35.1 Å². The number of oxime groups is 1. The molecule has 1 aliphatic heterocycles. The first-order chi connectivity index (χ1) is 9.17. The largest absolute Gasteiger partial charge is 0.409 e. The van der Waals surface area contributed by atoms with Crippen molar-refractivity contribution in [3.63, 3.8) is 0 Å². The van der Waals surface area contributed by atoms with Gasteiger partial charge >= 0.3 is 0 Å². The first-order valence-corrected chi connectivity index (χ1v) is 6.67. The molecule has 0 aromatic heterocycles. The zero-order chi connectivity index (χ0) is 13.4. The molecule has 0 spiro atoms. The van der Waals surface area contributed by atoms with Crippen molar-refractivity contribution in [1.29, 1.82) is 0 Å². The van der Waals surface area contributed by atoms with Crippen LogP contribution in [0.1, 0.15) is 30.4 Å². The number of nitrogens with two attached hydrogens (primary N) is 1. The number of hydrogen-bond acceptors (Lipinski definition) is 3. The van der Waals surface area contributed by atoms with E-state index in [0.717, 1.165) is 24.6 Å². The second-order valence-electron chi connectivity index (χ2n) is 5.55. The van der Waals surface area contributed by atoms with Gasteiger partial charge in [0, 0.05) is 24.7 Å². The summed E-state index contributed by atoms with van der Waals surface area (Å²) >= 11 is 0. The van der Waals surface area contributed by atoms with Gasteiger partial charge < -0.3 is 10.9 Å². The average molecular weight is 263 g/mol. The molecule has 4 nitrogen and oxygen atoms in total. The van der Waals surface area contributed by atoms with E-state index in [4.69, 9.17) is 10.9 Å². The molecule has 0 amide bonds. The van der Waals surface area contributed by atoms with E-state index in [9.17, 15) is 4.39 Å². The van der Waals surface area contributed by atoms with Crippen molar-refractivity contribution in [2.45, 2.75) is 31.8 Å². The van der Waals surface area contributed by atoms with Crippen LogP contribution in [-0.4, -0.2) is 28.5 Å². The van der Waals surface area contributed by atoms with Crippen LogP contribution in [0.4, 0.5) is 4.39 Å². The average Bonchev–Trinajstić information content (AvgIpc) is 3.02. The fourth-order valence-corrected chi connectivity index (χ4v) is 3.42. The Morgan fingerprint density at radius 1 is 1.47 bits per heavy atom. The number of nitrogens with zero attached hydrogens (tertiary/aromatic N) is 2. The van der Waals surface area contributed by atoms with E-state index in [1.807, 2.05) is 0 Å². The van der Waals surface area contributed by atoms with Gasteiger partial charge in [-0.25, -0.2) is 4.39 Å². The lowest BCUT2D eigenvalue weighted by Gasteiger charge is -2.27. The standard InChI is InChI=1S/C14H18FN3O/c15-11-3-2-10(13(6-11)14(16)17-19)8-18-7-9-1-4-12(18)5-9/h2-3,6,9,12,19H,1,4-5,7-8H2,(H2,16,17).